The molecule has 0 unspecified atom stereocenters. The third-order valence-electron chi connectivity index (χ3n) is 3.09. The summed E-state index contributed by atoms with van der Waals surface area (Å²) in [6.07, 6.45) is 1.34. The number of carbonyl (C=O) groups excluding carboxylic acids is 2. The maximum absolute atomic E-state index is 11.9. The predicted octanol–water partition coefficient (Wildman–Crippen LogP) is 2.48. The summed E-state index contributed by atoms with van der Waals surface area (Å²) in [7, 11) is 0. The van der Waals surface area contributed by atoms with Gasteiger partial charge in [0.25, 0.3) is 5.91 Å². The van der Waals surface area contributed by atoms with Crippen molar-refractivity contribution in [2.45, 2.75) is 32.7 Å². The smallest absolute Gasteiger partial charge is 0.251 e. The van der Waals surface area contributed by atoms with E-state index in [9.17, 15) is 9.59 Å². The second-order valence-electron chi connectivity index (χ2n) is 5.65. The van der Waals surface area contributed by atoms with E-state index < -0.39 is 6.04 Å². The summed E-state index contributed by atoms with van der Waals surface area (Å²) in [6, 6.07) is 6.74. The van der Waals surface area contributed by atoms with Gasteiger partial charge < -0.3 is 16.4 Å². The number of hydrogen-bond acceptors (Lipinski definition) is 3. The summed E-state index contributed by atoms with van der Waals surface area (Å²) in [4.78, 5) is 23.6. The fourth-order valence-corrected chi connectivity index (χ4v) is 2.38. The third-order valence-corrected chi connectivity index (χ3v) is 3.58. The molecule has 0 fully saturated rings. The van der Waals surface area contributed by atoms with E-state index in [-0.39, 0.29) is 24.2 Å². The zero-order valence-electron chi connectivity index (χ0n) is 13.5. The number of hydrogen-bond donors (Lipinski definition) is 3. The van der Waals surface area contributed by atoms with Crippen molar-refractivity contribution in [3.8, 4) is 0 Å². The molecule has 23 heavy (non-hydrogen) atoms. The molecule has 0 aliphatic heterocycles. The van der Waals surface area contributed by atoms with Crippen LogP contribution < -0.4 is 16.4 Å². The molecule has 1 aromatic rings. The molecular weight excluding hydrogens is 382 g/mol. The third kappa shape index (κ3) is 8.93. The van der Waals surface area contributed by atoms with E-state index >= 15 is 0 Å². The average molecular weight is 407 g/mol. The molecule has 0 saturated carbocycles. The molecule has 0 heterocycles. The summed E-state index contributed by atoms with van der Waals surface area (Å²) in [5.41, 5.74) is 6.39. The quantitative estimate of drug-likeness (QED) is 0.580. The molecule has 0 aromatic heterocycles. The molecule has 0 spiro atoms. The lowest BCUT2D eigenvalue weighted by Gasteiger charge is -2.14. The van der Waals surface area contributed by atoms with Crippen LogP contribution in [0.1, 0.15) is 37.0 Å². The summed E-state index contributed by atoms with van der Waals surface area (Å²) < 4.78 is 0.867. The van der Waals surface area contributed by atoms with E-state index in [2.05, 4.69) is 26.6 Å². The number of amides is 2. The molecule has 0 aliphatic carbocycles. The van der Waals surface area contributed by atoms with Crippen LogP contribution in [0.4, 0.5) is 0 Å². The van der Waals surface area contributed by atoms with Gasteiger partial charge in [0, 0.05) is 23.1 Å². The van der Waals surface area contributed by atoms with Crippen LogP contribution in [0.5, 0.6) is 0 Å². The second-order valence-corrected chi connectivity index (χ2v) is 6.56. The molecule has 0 aliphatic rings. The van der Waals surface area contributed by atoms with Crippen LogP contribution in [0.2, 0.25) is 0 Å². The highest BCUT2D eigenvalue weighted by Gasteiger charge is 2.14. The highest BCUT2D eigenvalue weighted by molar-refractivity contribution is 9.10. The standard InChI is InChI=1S/C16H24BrN3O2.ClH/c1-11(2)9-14(18)16(22)20-8-4-7-19-15(21)12-5-3-6-13(17)10-12;/h3,5-6,10-11,14H,4,7-9,18H2,1-2H3,(H,19,21)(H,20,22);1H/t14-;/m0./s1. The molecule has 7 heteroatoms. The Morgan fingerprint density at radius 1 is 1.22 bits per heavy atom. The van der Waals surface area contributed by atoms with Crippen molar-refractivity contribution in [1.29, 1.82) is 0 Å². The van der Waals surface area contributed by atoms with Crippen molar-refractivity contribution in [3.63, 3.8) is 0 Å². The number of benzene rings is 1. The Hall–Kier alpha value is -1.11. The van der Waals surface area contributed by atoms with Gasteiger partial charge >= 0.3 is 0 Å². The van der Waals surface area contributed by atoms with Crippen LogP contribution in [-0.4, -0.2) is 30.9 Å². The molecule has 1 rings (SSSR count). The normalized spacial score (nSPS) is 11.5. The van der Waals surface area contributed by atoms with Crippen molar-refractivity contribution in [3.05, 3.63) is 34.3 Å². The van der Waals surface area contributed by atoms with Crippen LogP contribution >= 0.6 is 28.3 Å². The monoisotopic (exact) mass is 405 g/mol. The Labute approximate surface area is 152 Å². The first kappa shape index (κ1) is 21.9. The van der Waals surface area contributed by atoms with Crippen molar-refractivity contribution >= 4 is 40.2 Å². The molecule has 5 nitrogen and oxygen atoms in total. The molecule has 1 aromatic carbocycles. The fraction of sp³-hybridized carbons (Fsp3) is 0.500. The van der Waals surface area contributed by atoms with Gasteiger partial charge in [0.05, 0.1) is 6.04 Å². The molecule has 0 saturated heterocycles. The van der Waals surface area contributed by atoms with E-state index in [0.29, 0.717) is 37.4 Å². The summed E-state index contributed by atoms with van der Waals surface area (Å²) in [5.74, 6) is 0.140. The first-order valence-electron chi connectivity index (χ1n) is 7.47. The van der Waals surface area contributed by atoms with Gasteiger partial charge in [0.2, 0.25) is 5.91 Å². The van der Waals surface area contributed by atoms with Gasteiger partial charge in [-0.05, 0) is 37.0 Å². The highest BCUT2D eigenvalue weighted by atomic mass is 79.9. The van der Waals surface area contributed by atoms with Crippen molar-refractivity contribution < 1.29 is 9.59 Å². The Morgan fingerprint density at radius 2 is 1.87 bits per heavy atom. The van der Waals surface area contributed by atoms with Crippen LogP contribution in [0.3, 0.4) is 0 Å². The van der Waals surface area contributed by atoms with Gasteiger partial charge in [0.15, 0.2) is 0 Å². The van der Waals surface area contributed by atoms with E-state index in [1.165, 1.54) is 0 Å². The minimum absolute atomic E-state index is 0. The average Bonchev–Trinajstić information content (AvgIpc) is 2.45. The van der Waals surface area contributed by atoms with Crippen LogP contribution in [-0.2, 0) is 4.79 Å². The van der Waals surface area contributed by atoms with Gasteiger partial charge in [0.1, 0.15) is 0 Å². The molecular formula is C16H25BrClN3O2. The van der Waals surface area contributed by atoms with E-state index in [1.807, 2.05) is 26.0 Å². The molecule has 130 valence electrons. The second kappa shape index (κ2) is 11.4. The van der Waals surface area contributed by atoms with Gasteiger partial charge in [-0.3, -0.25) is 9.59 Å². The Morgan fingerprint density at radius 3 is 2.48 bits per heavy atom. The highest BCUT2D eigenvalue weighted by Crippen LogP contribution is 2.11. The molecule has 1 atom stereocenters. The zero-order valence-corrected chi connectivity index (χ0v) is 15.9. The van der Waals surface area contributed by atoms with E-state index in [1.54, 1.807) is 12.1 Å². The summed E-state index contributed by atoms with van der Waals surface area (Å²) in [6.45, 7) is 5.07. The SMILES string of the molecule is CC(C)C[C@H](N)C(=O)NCCCNC(=O)c1cccc(Br)c1.Cl. The Bertz CT molecular complexity index is 512. The molecule has 0 radical (unpaired) electrons. The molecule has 2 amide bonds. The Kier molecular flexibility index (Phi) is 10.9. The topological polar surface area (TPSA) is 84.2 Å². The lowest BCUT2D eigenvalue weighted by molar-refractivity contribution is -0.122. The zero-order chi connectivity index (χ0) is 16.5. The van der Waals surface area contributed by atoms with Gasteiger partial charge in [-0.1, -0.05) is 35.8 Å². The predicted molar refractivity (Wildman–Crippen MR) is 98.8 cm³/mol. The Balaban J connectivity index is 0.00000484. The lowest BCUT2D eigenvalue weighted by Crippen LogP contribution is -2.42. The van der Waals surface area contributed by atoms with Gasteiger partial charge in [-0.25, -0.2) is 0 Å². The number of nitrogens with one attached hydrogen (secondary N) is 2. The molecule has 4 N–H and O–H groups in total. The lowest BCUT2D eigenvalue weighted by atomic mass is 10.0. The van der Waals surface area contributed by atoms with Gasteiger partial charge in [-0.15, -0.1) is 12.4 Å². The number of nitrogens with two attached hydrogens (primary N) is 1. The first-order valence-corrected chi connectivity index (χ1v) is 8.26. The van der Waals surface area contributed by atoms with Crippen LogP contribution in [0.25, 0.3) is 0 Å². The minimum Gasteiger partial charge on any atom is -0.355 e. The largest absolute Gasteiger partial charge is 0.355 e. The van der Waals surface area contributed by atoms with Crippen LogP contribution in [0.15, 0.2) is 28.7 Å². The maximum Gasteiger partial charge on any atom is 0.251 e. The maximum atomic E-state index is 11.9. The number of halogens is 2. The van der Waals surface area contributed by atoms with Crippen molar-refractivity contribution in [1.82, 2.24) is 10.6 Å². The fourth-order valence-electron chi connectivity index (χ4n) is 1.98. The minimum atomic E-state index is -0.462. The van der Waals surface area contributed by atoms with Crippen LogP contribution in [0, 0.1) is 5.92 Å². The number of rotatable bonds is 8. The van der Waals surface area contributed by atoms with E-state index in [4.69, 9.17) is 5.73 Å². The molecule has 0 bridgehead atoms. The summed E-state index contributed by atoms with van der Waals surface area (Å²) >= 11 is 3.33. The van der Waals surface area contributed by atoms with E-state index in [0.717, 1.165) is 4.47 Å². The van der Waals surface area contributed by atoms with Crippen molar-refractivity contribution in [2.24, 2.45) is 11.7 Å². The van der Waals surface area contributed by atoms with Crippen molar-refractivity contribution in [2.75, 3.05) is 13.1 Å². The summed E-state index contributed by atoms with van der Waals surface area (Å²) in [5, 5.41) is 5.61. The first-order chi connectivity index (χ1) is 10.4. The number of carbonyl (C=O) groups is 2. The van der Waals surface area contributed by atoms with Gasteiger partial charge in [-0.2, -0.15) is 0 Å².